The number of nitrogens with zero attached hydrogens (tertiary/aromatic N) is 1. The fourth-order valence-electron chi connectivity index (χ4n) is 2.11. The molecule has 1 aromatic carbocycles. The number of aryl methyl sites for hydroxylation is 1. The second-order valence-electron chi connectivity index (χ2n) is 4.41. The normalized spacial score (nSPS) is 18.5. The predicted octanol–water partition coefficient (Wildman–Crippen LogP) is 1.59. The van der Waals surface area contributed by atoms with E-state index in [-0.39, 0.29) is 22.6 Å². The first kappa shape index (κ1) is 12.3. The minimum absolute atomic E-state index is 0.0422. The van der Waals surface area contributed by atoms with E-state index >= 15 is 0 Å². The summed E-state index contributed by atoms with van der Waals surface area (Å²) in [7, 11) is 0. The molecule has 1 fully saturated rings. The molecule has 96 valence electrons. The Labute approximate surface area is 105 Å². The van der Waals surface area contributed by atoms with E-state index in [4.69, 9.17) is 0 Å². The van der Waals surface area contributed by atoms with Crippen LogP contribution >= 0.6 is 0 Å². The number of benzene rings is 1. The van der Waals surface area contributed by atoms with E-state index in [1.807, 2.05) is 0 Å². The summed E-state index contributed by atoms with van der Waals surface area (Å²) in [5, 5.41) is 16.8. The van der Waals surface area contributed by atoms with Crippen molar-refractivity contribution in [1.29, 1.82) is 0 Å². The number of nitro benzene ring substituents is 1. The average Bonchev–Trinajstić information content (AvgIpc) is 2.72. The van der Waals surface area contributed by atoms with Crippen molar-refractivity contribution < 1.29 is 9.72 Å². The van der Waals surface area contributed by atoms with Crippen molar-refractivity contribution >= 4 is 17.3 Å². The summed E-state index contributed by atoms with van der Waals surface area (Å²) >= 11 is 0. The number of hydrogen-bond donors (Lipinski definition) is 2. The number of hydrogen-bond acceptors (Lipinski definition) is 4. The van der Waals surface area contributed by atoms with Crippen LogP contribution in [0.25, 0.3) is 0 Å². The first-order valence-corrected chi connectivity index (χ1v) is 5.85. The van der Waals surface area contributed by atoms with Gasteiger partial charge in [0.1, 0.15) is 5.69 Å². The monoisotopic (exact) mass is 249 g/mol. The van der Waals surface area contributed by atoms with Crippen LogP contribution in [0.2, 0.25) is 0 Å². The van der Waals surface area contributed by atoms with Gasteiger partial charge in [0.25, 0.3) is 5.69 Å². The summed E-state index contributed by atoms with van der Waals surface area (Å²) in [6, 6.07) is 5.22. The number of nitrogens with one attached hydrogen (secondary N) is 2. The van der Waals surface area contributed by atoms with Gasteiger partial charge in [0.15, 0.2) is 0 Å². The maximum atomic E-state index is 11.0. The molecule has 1 aliphatic rings. The van der Waals surface area contributed by atoms with E-state index in [9.17, 15) is 14.9 Å². The number of anilines is 1. The van der Waals surface area contributed by atoms with Crippen molar-refractivity contribution in [2.24, 2.45) is 0 Å². The van der Waals surface area contributed by atoms with Crippen LogP contribution in [0.5, 0.6) is 0 Å². The lowest BCUT2D eigenvalue weighted by Crippen LogP contribution is -2.31. The summed E-state index contributed by atoms with van der Waals surface area (Å²) in [4.78, 5) is 21.6. The van der Waals surface area contributed by atoms with E-state index in [1.165, 1.54) is 0 Å². The maximum Gasteiger partial charge on any atom is 0.295 e. The highest BCUT2D eigenvalue weighted by molar-refractivity contribution is 5.78. The highest BCUT2D eigenvalue weighted by Crippen LogP contribution is 2.27. The van der Waals surface area contributed by atoms with Crippen LogP contribution in [0.15, 0.2) is 18.2 Å². The van der Waals surface area contributed by atoms with Crippen LogP contribution in [0.4, 0.5) is 11.4 Å². The Bertz CT molecular complexity index is 487. The highest BCUT2D eigenvalue weighted by Gasteiger charge is 2.22. The molecule has 1 atom stereocenters. The molecule has 0 bridgehead atoms. The molecule has 1 saturated heterocycles. The topological polar surface area (TPSA) is 84.3 Å². The number of nitro groups is 1. The van der Waals surface area contributed by atoms with Crippen LogP contribution in [-0.2, 0) is 4.79 Å². The van der Waals surface area contributed by atoms with Crippen LogP contribution < -0.4 is 10.6 Å². The second-order valence-corrected chi connectivity index (χ2v) is 4.41. The van der Waals surface area contributed by atoms with Crippen molar-refractivity contribution in [3.8, 4) is 0 Å². The molecule has 1 aromatic rings. The number of carbonyl (C=O) groups excluding carboxylic acids is 1. The lowest BCUT2D eigenvalue weighted by atomic mass is 10.1. The van der Waals surface area contributed by atoms with Gasteiger partial charge in [0.05, 0.1) is 4.92 Å². The summed E-state index contributed by atoms with van der Waals surface area (Å²) in [5.74, 6) is 0.0422. The first-order chi connectivity index (χ1) is 8.58. The Kier molecular flexibility index (Phi) is 3.45. The van der Waals surface area contributed by atoms with Gasteiger partial charge in [-0.05, 0) is 19.4 Å². The third-order valence-corrected chi connectivity index (χ3v) is 3.04. The Morgan fingerprint density at radius 1 is 1.56 bits per heavy atom. The van der Waals surface area contributed by atoms with Gasteiger partial charge in [-0.3, -0.25) is 14.9 Å². The zero-order chi connectivity index (χ0) is 13.1. The summed E-state index contributed by atoms with van der Waals surface area (Å²) in [5.41, 5.74) is 1.23. The molecule has 1 heterocycles. The standard InChI is InChI=1S/C12H15N3O3/c1-8-3-2-4-10(12(8)15(17)18)13-7-9-5-6-11(16)14-9/h2-4,9,13H,5-7H2,1H3,(H,14,16). The van der Waals surface area contributed by atoms with E-state index in [2.05, 4.69) is 10.6 Å². The predicted molar refractivity (Wildman–Crippen MR) is 67.5 cm³/mol. The molecule has 2 rings (SSSR count). The van der Waals surface area contributed by atoms with Gasteiger partial charge >= 0.3 is 0 Å². The lowest BCUT2D eigenvalue weighted by molar-refractivity contribution is -0.384. The van der Waals surface area contributed by atoms with E-state index in [0.29, 0.717) is 24.2 Å². The van der Waals surface area contributed by atoms with Gasteiger partial charge in [0, 0.05) is 24.6 Å². The number of rotatable bonds is 4. The van der Waals surface area contributed by atoms with Gasteiger partial charge in [-0.15, -0.1) is 0 Å². The maximum absolute atomic E-state index is 11.0. The third kappa shape index (κ3) is 2.58. The number of carbonyl (C=O) groups is 1. The Morgan fingerprint density at radius 2 is 2.33 bits per heavy atom. The Balaban J connectivity index is 2.07. The first-order valence-electron chi connectivity index (χ1n) is 5.85. The van der Waals surface area contributed by atoms with Gasteiger partial charge in [-0.1, -0.05) is 12.1 Å². The average molecular weight is 249 g/mol. The fraction of sp³-hybridized carbons (Fsp3) is 0.417. The number of para-hydroxylation sites is 1. The summed E-state index contributed by atoms with van der Waals surface area (Å²) in [6.45, 7) is 2.22. The summed E-state index contributed by atoms with van der Waals surface area (Å²) in [6.07, 6.45) is 1.30. The molecule has 1 aliphatic heterocycles. The molecule has 2 N–H and O–H groups in total. The quantitative estimate of drug-likeness (QED) is 0.627. The molecule has 0 radical (unpaired) electrons. The molecule has 18 heavy (non-hydrogen) atoms. The van der Waals surface area contributed by atoms with E-state index in [0.717, 1.165) is 6.42 Å². The Hall–Kier alpha value is -2.11. The molecule has 6 heteroatoms. The highest BCUT2D eigenvalue weighted by atomic mass is 16.6. The largest absolute Gasteiger partial charge is 0.377 e. The number of amides is 1. The van der Waals surface area contributed by atoms with Crippen LogP contribution in [0, 0.1) is 17.0 Å². The van der Waals surface area contributed by atoms with Crippen molar-refractivity contribution in [2.45, 2.75) is 25.8 Å². The van der Waals surface area contributed by atoms with Crippen molar-refractivity contribution in [1.82, 2.24) is 5.32 Å². The lowest BCUT2D eigenvalue weighted by Gasteiger charge is -2.13. The summed E-state index contributed by atoms with van der Waals surface area (Å²) < 4.78 is 0. The molecule has 0 aliphatic carbocycles. The van der Waals surface area contributed by atoms with Crippen LogP contribution in [-0.4, -0.2) is 23.4 Å². The van der Waals surface area contributed by atoms with E-state index < -0.39 is 0 Å². The minimum atomic E-state index is -0.384. The van der Waals surface area contributed by atoms with Gasteiger partial charge in [0.2, 0.25) is 5.91 Å². The molecule has 6 nitrogen and oxygen atoms in total. The Morgan fingerprint density at radius 3 is 2.94 bits per heavy atom. The molecule has 1 amide bonds. The zero-order valence-electron chi connectivity index (χ0n) is 10.1. The second kappa shape index (κ2) is 5.03. The van der Waals surface area contributed by atoms with Gasteiger partial charge in [-0.2, -0.15) is 0 Å². The van der Waals surface area contributed by atoms with Gasteiger partial charge in [-0.25, -0.2) is 0 Å². The molecule has 1 unspecified atom stereocenters. The van der Waals surface area contributed by atoms with Crippen LogP contribution in [0.1, 0.15) is 18.4 Å². The molecule has 0 saturated carbocycles. The van der Waals surface area contributed by atoms with E-state index in [1.54, 1.807) is 25.1 Å². The fourth-order valence-corrected chi connectivity index (χ4v) is 2.11. The molecule has 0 spiro atoms. The molecular weight excluding hydrogens is 234 g/mol. The molecule has 0 aromatic heterocycles. The minimum Gasteiger partial charge on any atom is -0.377 e. The van der Waals surface area contributed by atoms with Crippen LogP contribution in [0.3, 0.4) is 0 Å². The van der Waals surface area contributed by atoms with Crippen molar-refractivity contribution in [3.63, 3.8) is 0 Å². The third-order valence-electron chi connectivity index (χ3n) is 3.04. The smallest absolute Gasteiger partial charge is 0.295 e. The SMILES string of the molecule is Cc1cccc(NCC2CCC(=O)N2)c1[N+](=O)[O-]. The van der Waals surface area contributed by atoms with Gasteiger partial charge < -0.3 is 10.6 Å². The van der Waals surface area contributed by atoms with Crippen molar-refractivity contribution in [2.75, 3.05) is 11.9 Å². The van der Waals surface area contributed by atoms with Crippen molar-refractivity contribution in [3.05, 3.63) is 33.9 Å². The zero-order valence-corrected chi connectivity index (χ0v) is 10.1. The molecular formula is C12H15N3O3.